The molecule has 1 saturated heterocycles. The second-order valence-electron chi connectivity index (χ2n) is 14.8. The summed E-state index contributed by atoms with van der Waals surface area (Å²) >= 11 is 0. The van der Waals surface area contributed by atoms with E-state index in [-0.39, 0.29) is 22.7 Å². The molecule has 4 fully saturated rings. The van der Waals surface area contributed by atoms with E-state index in [1.807, 2.05) is 12.4 Å². The van der Waals surface area contributed by atoms with Crippen LogP contribution in [0.5, 0.6) is 0 Å². The second kappa shape index (κ2) is 10.1. The number of rotatable bonds is 4. The van der Waals surface area contributed by atoms with Gasteiger partial charge in [-0.1, -0.05) is 56.2 Å². The molecule has 214 valence electrons. The van der Waals surface area contributed by atoms with Gasteiger partial charge in [-0.2, -0.15) is 0 Å². The van der Waals surface area contributed by atoms with Gasteiger partial charge in [0.05, 0.1) is 19.3 Å². The summed E-state index contributed by atoms with van der Waals surface area (Å²) in [5.74, 6) is 1.82. The summed E-state index contributed by atoms with van der Waals surface area (Å²) in [4.78, 5) is 4.15. The smallest absolute Gasteiger partial charge is 0.169 e. The lowest BCUT2D eigenvalue weighted by Gasteiger charge is -2.55. The maximum atomic E-state index is 11.2. The van der Waals surface area contributed by atoms with Crippen molar-refractivity contribution in [1.82, 2.24) is 4.98 Å². The summed E-state index contributed by atoms with van der Waals surface area (Å²) in [6.07, 6.45) is 14.5. The van der Waals surface area contributed by atoms with E-state index in [0.29, 0.717) is 23.7 Å². The van der Waals surface area contributed by atoms with Gasteiger partial charge < -0.3 is 14.6 Å². The molecule has 1 N–H and O–H groups in total. The van der Waals surface area contributed by atoms with E-state index in [9.17, 15) is 5.11 Å². The van der Waals surface area contributed by atoms with Gasteiger partial charge in [-0.05, 0) is 103 Å². The Morgan fingerprint density at radius 3 is 2.27 bits per heavy atom. The van der Waals surface area contributed by atoms with Crippen LogP contribution in [0.4, 0.5) is 0 Å². The van der Waals surface area contributed by atoms with Crippen LogP contribution in [-0.4, -0.2) is 35.2 Å². The number of ether oxygens (including phenoxy) is 2. The number of aryl methyl sites for hydroxylation is 2. The predicted octanol–water partition coefficient (Wildman–Crippen LogP) is 7.41. The molecule has 2 aromatic rings. The molecule has 4 heteroatoms. The van der Waals surface area contributed by atoms with Crippen LogP contribution in [0.25, 0.3) is 0 Å². The van der Waals surface area contributed by atoms with Crippen molar-refractivity contribution in [3.63, 3.8) is 0 Å². The van der Waals surface area contributed by atoms with Crippen molar-refractivity contribution in [2.75, 3.05) is 13.2 Å². The fourth-order valence-corrected chi connectivity index (χ4v) is 9.25. The van der Waals surface area contributed by atoms with Crippen molar-refractivity contribution in [1.29, 1.82) is 0 Å². The quantitative estimate of drug-likeness (QED) is 0.410. The molecule has 6 atom stereocenters. The van der Waals surface area contributed by atoms with Crippen LogP contribution in [0.2, 0.25) is 0 Å². The Balaban J connectivity index is 1.18. The van der Waals surface area contributed by atoms with Crippen molar-refractivity contribution in [3.05, 3.63) is 76.6 Å². The first-order valence-electron chi connectivity index (χ1n) is 15.9. The van der Waals surface area contributed by atoms with Gasteiger partial charge in [0.1, 0.15) is 0 Å². The Morgan fingerprint density at radius 2 is 1.55 bits per heavy atom. The number of hydrogen-bond acceptors (Lipinski definition) is 4. The zero-order chi connectivity index (χ0) is 27.5. The van der Waals surface area contributed by atoms with Crippen LogP contribution in [0.15, 0.2) is 59.9 Å². The lowest BCUT2D eigenvalue weighted by atomic mass is 9.52. The SMILES string of the molecule is CC1(C)COC2(CCC3=C4C(c5ccc(CCc6ccncc6)cc5)CC5(C)C(O)CCC5C4CCC3C2)OC1. The molecule has 6 unspecified atom stereocenters. The summed E-state index contributed by atoms with van der Waals surface area (Å²) in [5, 5.41) is 11.2. The highest BCUT2D eigenvalue weighted by molar-refractivity contribution is 5.41. The molecule has 2 heterocycles. The first-order chi connectivity index (χ1) is 19.3. The number of nitrogens with zero attached hydrogens (tertiary/aromatic N) is 1. The molecule has 40 heavy (non-hydrogen) atoms. The highest BCUT2D eigenvalue weighted by Gasteiger charge is 2.57. The summed E-state index contributed by atoms with van der Waals surface area (Å²) in [5.41, 5.74) is 7.79. The molecule has 0 radical (unpaired) electrons. The van der Waals surface area contributed by atoms with Gasteiger partial charge in [-0.15, -0.1) is 0 Å². The molecular weight excluding hydrogens is 494 g/mol. The van der Waals surface area contributed by atoms with Crippen LogP contribution < -0.4 is 0 Å². The number of fused-ring (bicyclic) bond motifs is 4. The average molecular weight is 542 g/mol. The van der Waals surface area contributed by atoms with E-state index in [1.54, 1.807) is 11.1 Å². The average Bonchev–Trinajstić information content (AvgIpc) is 3.27. The van der Waals surface area contributed by atoms with Gasteiger partial charge in [0.25, 0.3) is 0 Å². The predicted molar refractivity (Wildman–Crippen MR) is 158 cm³/mol. The van der Waals surface area contributed by atoms with Crippen LogP contribution in [0.1, 0.15) is 94.7 Å². The van der Waals surface area contributed by atoms with Crippen LogP contribution in [-0.2, 0) is 22.3 Å². The number of aliphatic hydroxyl groups is 1. The van der Waals surface area contributed by atoms with Crippen molar-refractivity contribution in [2.24, 2.45) is 28.6 Å². The monoisotopic (exact) mass is 541 g/mol. The minimum Gasteiger partial charge on any atom is -0.393 e. The fraction of sp³-hybridized carbons (Fsp3) is 0.639. The standard InChI is InChI=1S/C36H47NO3/c1-34(2)22-39-36(40-23-34)17-14-28-27(20-36)10-11-29-31-12-13-32(38)35(31,3)21-30(33(28)29)26-8-6-24(7-9-26)4-5-25-15-18-37-19-16-25/h6-9,15-16,18-19,27,29-32,38H,4-5,10-14,17,20-23H2,1-3H3. The minimum absolute atomic E-state index is 0.0172. The van der Waals surface area contributed by atoms with Crippen molar-refractivity contribution in [3.8, 4) is 0 Å². The van der Waals surface area contributed by atoms with Crippen LogP contribution in [0, 0.1) is 28.6 Å². The Morgan fingerprint density at radius 1 is 0.850 bits per heavy atom. The van der Waals surface area contributed by atoms with E-state index in [2.05, 4.69) is 62.2 Å². The number of aromatic nitrogens is 1. The fourth-order valence-electron chi connectivity index (χ4n) is 9.25. The first kappa shape index (κ1) is 26.9. The van der Waals surface area contributed by atoms with Crippen LogP contribution >= 0.6 is 0 Å². The van der Waals surface area contributed by atoms with Gasteiger partial charge in [0, 0.05) is 36.6 Å². The van der Waals surface area contributed by atoms with E-state index in [4.69, 9.17) is 9.47 Å². The zero-order valence-corrected chi connectivity index (χ0v) is 24.7. The third kappa shape index (κ3) is 4.68. The van der Waals surface area contributed by atoms with Gasteiger partial charge >= 0.3 is 0 Å². The Labute approximate surface area is 240 Å². The Bertz CT molecular complexity index is 1240. The van der Waals surface area contributed by atoms with Crippen molar-refractivity contribution < 1.29 is 14.6 Å². The lowest BCUT2D eigenvalue weighted by Crippen LogP contribution is -2.52. The van der Waals surface area contributed by atoms with E-state index < -0.39 is 0 Å². The highest BCUT2D eigenvalue weighted by atomic mass is 16.7. The summed E-state index contributed by atoms with van der Waals surface area (Å²) in [6, 6.07) is 13.8. The van der Waals surface area contributed by atoms with Crippen molar-refractivity contribution in [2.45, 2.75) is 103 Å². The maximum absolute atomic E-state index is 11.2. The highest BCUT2D eigenvalue weighted by Crippen LogP contribution is 2.65. The topological polar surface area (TPSA) is 51.6 Å². The van der Waals surface area contributed by atoms with Gasteiger partial charge in [-0.3, -0.25) is 4.98 Å². The molecule has 1 spiro atoms. The molecule has 1 aromatic carbocycles. The Hall–Kier alpha value is -2.01. The van der Waals surface area contributed by atoms with Gasteiger partial charge in [-0.25, -0.2) is 0 Å². The zero-order valence-electron chi connectivity index (χ0n) is 24.7. The minimum atomic E-state index is -0.379. The molecule has 1 aliphatic heterocycles. The maximum Gasteiger partial charge on any atom is 0.169 e. The molecule has 0 amide bonds. The molecule has 1 aromatic heterocycles. The van der Waals surface area contributed by atoms with Crippen molar-refractivity contribution >= 4 is 0 Å². The normalized spacial score (nSPS) is 36.1. The number of benzene rings is 1. The van der Waals surface area contributed by atoms with E-state index in [1.165, 1.54) is 36.0 Å². The number of pyridine rings is 1. The molecule has 0 bridgehead atoms. The number of hydrogen-bond donors (Lipinski definition) is 1. The van der Waals surface area contributed by atoms with E-state index in [0.717, 1.165) is 58.2 Å². The lowest BCUT2D eigenvalue weighted by molar-refractivity contribution is -0.312. The number of allylic oxidation sites excluding steroid dienone is 2. The largest absolute Gasteiger partial charge is 0.393 e. The van der Waals surface area contributed by atoms with Gasteiger partial charge in [0.2, 0.25) is 0 Å². The molecular formula is C36H47NO3. The summed E-state index contributed by atoms with van der Waals surface area (Å²) in [6.45, 7) is 8.47. The second-order valence-corrected chi connectivity index (χ2v) is 14.8. The summed E-state index contributed by atoms with van der Waals surface area (Å²) < 4.78 is 13.0. The third-order valence-electron chi connectivity index (χ3n) is 11.6. The van der Waals surface area contributed by atoms with E-state index >= 15 is 0 Å². The molecule has 5 aliphatic rings. The molecule has 4 aliphatic carbocycles. The molecule has 4 nitrogen and oxygen atoms in total. The molecule has 7 rings (SSSR count). The van der Waals surface area contributed by atoms with Crippen LogP contribution in [0.3, 0.4) is 0 Å². The third-order valence-corrected chi connectivity index (χ3v) is 11.6. The first-order valence-corrected chi connectivity index (χ1v) is 15.9. The number of aliphatic hydroxyl groups excluding tert-OH is 1. The summed E-state index contributed by atoms with van der Waals surface area (Å²) in [7, 11) is 0. The van der Waals surface area contributed by atoms with Gasteiger partial charge in [0.15, 0.2) is 5.79 Å². The molecule has 3 saturated carbocycles. The Kier molecular flexibility index (Phi) is 6.76.